The van der Waals surface area contributed by atoms with Gasteiger partial charge in [0.25, 0.3) is 0 Å². The van der Waals surface area contributed by atoms with E-state index in [1.807, 2.05) is 30.6 Å². The van der Waals surface area contributed by atoms with E-state index >= 15 is 0 Å². The molecule has 0 aliphatic carbocycles. The second-order valence-corrected chi connectivity index (χ2v) is 9.63. The molecule has 0 saturated heterocycles. The van der Waals surface area contributed by atoms with E-state index in [2.05, 4.69) is 98.1 Å². The summed E-state index contributed by atoms with van der Waals surface area (Å²) in [6.45, 7) is 6.74. The Morgan fingerprint density at radius 3 is 1.94 bits per heavy atom. The number of imidazole rings is 1. The van der Waals surface area contributed by atoms with Crippen molar-refractivity contribution < 1.29 is 20.1 Å². The van der Waals surface area contributed by atoms with Crippen LogP contribution in [0.2, 0.25) is 0 Å². The van der Waals surface area contributed by atoms with Gasteiger partial charge in [0.15, 0.2) is 0 Å². The van der Waals surface area contributed by atoms with Crippen molar-refractivity contribution in [1.29, 1.82) is 5.26 Å². The van der Waals surface area contributed by atoms with Crippen LogP contribution in [0.15, 0.2) is 103 Å². The van der Waals surface area contributed by atoms with Crippen molar-refractivity contribution in [3.8, 4) is 45.4 Å². The molecule has 0 aliphatic heterocycles. The maximum absolute atomic E-state index is 9.45. The normalized spacial score (nSPS) is 10.9. The zero-order chi connectivity index (χ0) is 24.4. The van der Waals surface area contributed by atoms with E-state index in [1.54, 1.807) is 12.1 Å². The molecular weight excluding hydrogens is 619 g/mol. The standard InChI is InChI=1S/C32H26N3.Ir/c1-32(2,3)27-20-28(24-12-6-4-7-13-24)30(29(21-27)25-14-8-5-9-15-25)35-18-17-34-31(35)26-16-10-11-23(19-26)22-33;/h4-15,17-21H,1-3H3;/q-1;. The summed E-state index contributed by atoms with van der Waals surface area (Å²) in [5.41, 5.74) is 8.20. The van der Waals surface area contributed by atoms with E-state index in [4.69, 9.17) is 4.98 Å². The molecule has 1 heterocycles. The molecular formula is C32H26IrN3-. The van der Waals surface area contributed by atoms with Crippen LogP contribution in [0.5, 0.6) is 0 Å². The molecule has 5 rings (SSSR count). The van der Waals surface area contributed by atoms with E-state index in [-0.39, 0.29) is 25.5 Å². The average Bonchev–Trinajstić information content (AvgIpc) is 3.38. The molecule has 0 amide bonds. The Morgan fingerprint density at radius 2 is 1.42 bits per heavy atom. The quantitative estimate of drug-likeness (QED) is 0.187. The van der Waals surface area contributed by atoms with Crippen molar-refractivity contribution in [2.45, 2.75) is 26.2 Å². The molecule has 36 heavy (non-hydrogen) atoms. The van der Waals surface area contributed by atoms with Crippen LogP contribution in [-0.2, 0) is 25.5 Å². The predicted molar refractivity (Wildman–Crippen MR) is 142 cm³/mol. The number of benzene rings is 4. The largest absolute Gasteiger partial charge is 0.339 e. The summed E-state index contributed by atoms with van der Waals surface area (Å²) in [5.74, 6) is 0.750. The maximum atomic E-state index is 9.45. The van der Waals surface area contributed by atoms with Crippen molar-refractivity contribution in [3.63, 3.8) is 0 Å². The Kier molecular flexibility index (Phi) is 7.36. The van der Waals surface area contributed by atoms with E-state index in [0.717, 1.165) is 39.3 Å². The summed E-state index contributed by atoms with van der Waals surface area (Å²) >= 11 is 0. The van der Waals surface area contributed by atoms with Crippen LogP contribution in [0.1, 0.15) is 31.9 Å². The Morgan fingerprint density at radius 1 is 0.833 bits per heavy atom. The molecule has 3 nitrogen and oxygen atoms in total. The molecule has 0 aliphatic rings. The monoisotopic (exact) mass is 645 g/mol. The van der Waals surface area contributed by atoms with Crippen molar-refractivity contribution in [2.75, 3.05) is 0 Å². The average molecular weight is 645 g/mol. The smallest absolute Gasteiger partial charge is 0.0789 e. The first kappa shape index (κ1) is 25.3. The van der Waals surface area contributed by atoms with E-state index in [1.165, 1.54) is 5.56 Å². The van der Waals surface area contributed by atoms with Crippen LogP contribution < -0.4 is 0 Å². The molecule has 1 aromatic heterocycles. The SMILES string of the molecule is CC(C)(C)c1cc(-c2ccccc2)c(-n2ccnc2-c2[c-]ccc(C#N)c2)c(-c2ccccc2)c1.[Ir]. The van der Waals surface area contributed by atoms with Crippen LogP contribution >= 0.6 is 0 Å². The molecule has 0 saturated carbocycles. The Labute approximate surface area is 226 Å². The van der Waals surface area contributed by atoms with Crippen LogP contribution in [-0.4, -0.2) is 9.55 Å². The molecule has 4 heteroatoms. The summed E-state index contributed by atoms with van der Waals surface area (Å²) in [4.78, 5) is 4.70. The number of rotatable bonds is 4. The molecule has 1 radical (unpaired) electrons. The predicted octanol–water partition coefficient (Wildman–Crippen LogP) is 7.84. The zero-order valence-corrected chi connectivity index (χ0v) is 22.9. The van der Waals surface area contributed by atoms with Gasteiger partial charge in [0, 0.05) is 43.6 Å². The summed E-state index contributed by atoms with van der Waals surface area (Å²) in [6, 6.07) is 36.5. The molecule has 0 N–H and O–H groups in total. The molecule has 179 valence electrons. The first-order valence-electron chi connectivity index (χ1n) is 11.7. The van der Waals surface area contributed by atoms with E-state index < -0.39 is 0 Å². The summed E-state index contributed by atoms with van der Waals surface area (Å²) in [6.07, 6.45) is 3.80. The number of aromatic nitrogens is 2. The van der Waals surface area contributed by atoms with Gasteiger partial charge in [-0.3, -0.25) is 4.98 Å². The molecule has 4 aromatic carbocycles. The molecule has 0 atom stereocenters. The van der Waals surface area contributed by atoms with Gasteiger partial charge in [-0.15, -0.1) is 29.8 Å². The Hall–Kier alpha value is -3.77. The fraction of sp³-hybridized carbons (Fsp3) is 0.125. The van der Waals surface area contributed by atoms with Crippen molar-refractivity contribution in [3.05, 3.63) is 121 Å². The minimum absolute atomic E-state index is 0. The second kappa shape index (κ2) is 10.5. The molecule has 5 aromatic rings. The maximum Gasteiger partial charge on any atom is 0.0789 e. The van der Waals surface area contributed by atoms with Gasteiger partial charge in [0.1, 0.15) is 0 Å². The van der Waals surface area contributed by atoms with Gasteiger partial charge < -0.3 is 4.57 Å². The summed E-state index contributed by atoms with van der Waals surface area (Å²) in [5, 5.41) is 9.45. The fourth-order valence-corrected chi connectivity index (χ4v) is 4.35. The zero-order valence-electron chi connectivity index (χ0n) is 20.5. The van der Waals surface area contributed by atoms with Crippen LogP contribution in [0.25, 0.3) is 39.3 Å². The van der Waals surface area contributed by atoms with Gasteiger partial charge in [0.2, 0.25) is 0 Å². The number of hydrogen-bond acceptors (Lipinski definition) is 2. The minimum atomic E-state index is -0.0295. The van der Waals surface area contributed by atoms with Gasteiger partial charge in [-0.25, -0.2) is 0 Å². The first-order chi connectivity index (χ1) is 17.0. The van der Waals surface area contributed by atoms with Crippen molar-refractivity contribution >= 4 is 0 Å². The van der Waals surface area contributed by atoms with E-state index in [9.17, 15) is 5.26 Å². The second-order valence-electron chi connectivity index (χ2n) is 9.63. The van der Waals surface area contributed by atoms with Gasteiger partial charge in [-0.1, -0.05) is 81.4 Å². The van der Waals surface area contributed by atoms with Gasteiger partial charge in [0.05, 0.1) is 17.6 Å². The van der Waals surface area contributed by atoms with Crippen LogP contribution in [0.3, 0.4) is 0 Å². The number of hydrogen-bond donors (Lipinski definition) is 0. The Bertz CT molecular complexity index is 1460. The minimum Gasteiger partial charge on any atom is -0.339 e. The molecule has 0 spiro atoms. The number of nitriles is 1. The summed E-state index contributed by atoms with van der Waals surface area (Å²) in [7, 11) is 0. The van der Waals surface area contributed by atoms with Crippen molar-refractivity contribution in [1.82, 2.24) is 9.55 Å². The summed E-state index contributed by atoms with van der Waals surface area (Å²) < 4.78 is 2.13. The number of nitrogens with zero attached hydrogens (tertiary/aromatic N) is 3. The van der Waals surface area contributed by atoms with Gasteiger partial charge in [-0.05, 0) is 39.8 Å². The van der Waals surface area contributed by atoms with Crippen LogP contribution in [0, 0.1) is 17.4 Å². The van der Waals surface area contributed by atoms with E-state index in [0.29, 0.717) is 5.56 Å². The topological polar surface area (TPSA) is 41.6 Å². The third-order valence-electron chi connectivity index (χ3n) is 6.20. The third-order valence-corrected chi connectivity index (χ3v) is 6.20. The first-order valence-corrected chi connectivity index (χ1v) is 11.7. The van der Waals surface area contributed by atoms with Crippen LogP contribution in [0.4, 0.5) is 0 Å². The van der Waals surface area contributed by atoms with Gasteiger partial charge in [-0.2, -0.15) is 5.26 Å². The molecule has 0 fully saturated rings. The molecule has 0 bridgehead atoms. The fourth-order valence-electron chi connectivity index (χ4n) is 4.35. The van der Waals surface area contributed by atoms with Gasteiger partial charge >= 0.3 is 0 Å². The van der Waals surface area contributed by atoms with Crippen molar-refractivity contribution in [2.24, 2.45) is 0 Å². The Balaban J connectivity index is 0.00000304. The third kappa shape index (κ3) is 4.95. The molecule has 0 unspecified atom stereocenters.